The van der Waals surface area contributed by atoms with Crippen LogP contribution in [-0.4, -0.2) is 49.9 Å². The molecule has 4 aromatic rings. The number of ether oxygens (including phenoxy) is 2. The van der Waals surface area contributed by atoms with Crippen LogP contribution >= 0.6 is 0 Å². The number of hydrogen-bond acceptors (Lipinski definition) is 7. The van der Waals surface area contributed by atoms with Crippen LogP contribution in [0, 0.1) is 0 Å². The van der Waals surface area contributed by atoms with E-state index >= 15 is 0 Å². The first kappa shape index (κ1) is 26.8. The molecule has 1 heterocycles. The smallest absolute Gasteiger partial charge is 0.343 e. The molecule has 4 aromatic carbocycles. The third-order valence-corrected chi connectivity index (χ3v) is 8.13. The molecule has 1 aliphatic rings. The van der Waals surface area contributed by atoms with Gasteiger partial charge in [0.05, 0.1) is 28.7 Å². The standard InChI is InChI=1S/C31H25NO7S/c33-29(22-10-4-1-5-11-22)32(25-16-18-26(19-17-25)38-30(34)23-12-6-2-7-13-23)27-20-40(36,37)21-28(27)39-31(35)24-14-8-3-9-15-24/h1-19,27-28H,20-21H2/t27-,28-/m0/s1. The first-order valence-electron chi connectivity index (χ1n) is 12.5. The molecule has 1 amide bonds. The molecule has 8 nitrogen and oxygen atoms in total. The van der Waals surface area contributed by atoms with Crippen LogP contribution in [0.2, 0.25) is 0 Å². The molecule has 0 N–H and O–H groups in total. The molecule has 2 atom stereocenters. The predicted octanol–water partition coefficient (Wildman–Crippen LogP) is 4.58. The zero-order valence-corrected chi connectivity index (χ0v) is 22.1. The van der Waals surface area contributed by atoms with E-state index in [0.717, 1.165) is 0 Å². The van der Waals surface area contributed by atoms with Gasteiger partial charge in [-0.1, -0.05) is 54.6 Å². The molecule has 1 aliphatic heterocycles. The second-order valence-electron chi connectivity index (χ2n) is 9.24. The van der Waals surface area contributed by atoms with E-state index < -0.39 is 45.6 Å². The van der Waals surface area contributed by atoms with Crippen molar-refractivity contribution in [2.45, 2.75) is 12.1 Å². The number of hydrogen-bond donors (Lipinski definition) is 0. The van der Waals surface area contributed by atoms with Gasteiger partial charge in [-0.25, -0.2) is 18.0 Å². The SMILES string of the molecule is O=C(Oc1ccc(N(C(=O)c2ccccc2)[C@H]2CS(=O)(=O)C[C@@H]2OC(=O)c2ccccc2)cc1)c1ccccc1. The molecule has 0 aromatic heterocycles. The highest BCUT2D eigenvalue weighted by molar-refractivity contribution is 7.91. The molecule has 0 radical (unpaired) electrons. The topological polar surface area (TPSA) is 107 Å². The lowest BCUT2D eigenvalue weighted by Gasteiger charge is -2.32. The fraction of sp³-hybridized carbons (Fsp3) is 0.129. The fourth-order valence-corrected chi connectivity index (χ4v) is 6.34. The highest BCUT2D eigenvalue weighted by atomic mass is 32.2. The quantitative estimate of drug-likeness (QED) is 0.243. The van der Waals surface area contributed by atoms with Crippen LogP contribution in [-0.2, 0) is 14.6 Å². The number of esters is 2. The van der Waals surface area contributed by atoms with Crippen LogP contribution in [0.15, 0.2) is 115 Å². The minimum atomic E-state index is -3.64. The third-order valence-electron chi connectivity index (χ3n) is 6.45. The lowest BCUT2D eigenvalue weighted by Crippen LogP contribution is -2.48. The highest BCUT2D eigenvalue weighted by Crippen LogP contribution is 2.30. The number of benzene rings is 4. The summed E-state index contributed by atoms with van der Waals surface area (Å²) in [6, 6.07) is 30.4. The van der Waals surface area contributed by atoms with Gasteiger partial charge in [0, 0.05) is 11.3 Å². The van der Waals surface area contributed by atoms with Gasteiger partial charge in [-0.2, -0.15) is 0 Å². The van der Waals surface area contributed by atoms with Crippen molar-refractivity contribution in [3.05, 3.63) is 132 Å². The number of amides is 1. The maximum atomic E-state index is 13.8. The Morgan fingerprint density at radius 3 is 1.68 bits per heavy atom. The van der Waals surface area contributed by atoms with Crippen LogP contribution in [0.1, 0.15) is 31.1 Å². The van der Waals surface area contributed by atoms with Crippen molar-refractivity contribution in [2.24, 2.45) is 0 Å². The average Bonchev–Trinajstić information content (AvgIpc) is 3.28. The molecule has 0 bridgehead atoms. The van der Waals surface area contributed by atoms with E-state index in [1.54, 1.807) is 103 Å². The van der Waals surface area contributed by atoms with Gasteiger partial charge in [0.25, 0.3) is 5.91 Å². The predicted molar refractivity (Wildman–Crippen MR) is 149 cm³/mol. The van der Waals surface area contributed by atoms with Crippen molar-refractivity contribution in [1.29, 1.82) is 0 Å². The van der Waals surface area contributed by atoms with Crippen LogP contribution in [0.4, 0.5) is 5.69 Å². The van der Waals surface area contributed by atoms with Gasteiger partial charge in [-0.3, -0.25) is 4.79 Å². The molecule has 9 heteroatoms. The monoisotopic (exact) mass is 555 g/mol. The van der Waals surface area contributed by atoms with Gasteiger partial charge in [0.2, 0.25) is 0 Å². The van der Waals surface area contributed by atoms with Crippen LogP contribution < -0.4 is 9.64 Å². The lowest BCUT2D eigenvalue weighted by molar-refractivity contribution is 0.0314. The fourth-order valence-electron chi connectivity index (χ4n) is 4.52. The van der Waals surface area contributed by atoms with E-state index in [-0.39, 0.29) is 17.1 Å². The Morgan fingerprint density at radius 2 is 1.12 bits per heavy atom. The normalized spacial score (nSPS) is 17.5. The lowest BCUT2D eigenvalue weighted by atomic mass is 10.1. The molecular weight excluding hydrogens is 530 g/mol. The van der Waals surface area contributed by atoms with E-state index in [9.17, 15) is 22.8 Å². The maximum absolute atomic E-state index is 13.8. The summed E-state index contributed by atoms with van der Waals surface area (Å²) in [6.07, 6.45) is -1.10. The Labute approximate surface area is 231 Å². The maximum Gasteiger partial charge on any atom is 0.343 e. The summed E-state index contributed by atoms with van der Waals surface area (Å²) in [5, 5.41) is 0. The summed E-state index contributed by atoms with van der Waals surface area (Å²) in [5.41, 5.74) is 1.35. The second kappa shape index (κ2) is 11.5. The molecule has 202 valence electrons. The summed E-state index contributed by atoms with van der Waals surface area (Å²) < 4.78 is 36.7. The van der Waals surface area contributed by atoms with Crippen LogP contribution in [0.3, 0.4) is 0 Å². The van der Waals surface area contributed by atoms with Gasteiger partial charge in [-0.05, 0) is 60.7 Å². The Bertz CT molecular complexity index is 1610. The summed E-state index contributed by atoms with van der Waals surface area (Å²) in [6.45, 7) is 0. The van der Waals surface area contributed by atoms with E-state index in [1.165, 1.54) is 17.0 Å². The molecule has 1 saturated heterocycles. The highest BCUT2D eigenvalue weighted by Gasteiger charge is 2.46. The van der Waals surface area contributed by atoms with Crippen molar-refractivity contribution >= 4 is 33.4 Å². The Morgan fingerprint density at radius 1 is 0.625 bits per heavy atom. The molecule has 40 heavy (non-hydrogen) atoms. The second-order valence-corrected chi connectivity index (χ2v) is 11.4. The molecule has 1 fully saturated rings. The van der Waals surface area contributed by atoms with Crippen molar-refractivity contribution in [3.63, 3.8) is 0 Å². The number of sulfone groups is 1. The Hall–Kier alpha value is -4.76. The summed E-state index contributed by atoms with van der Waals surface area (Å²) in [5.74, 6) is -2.23. The minimum Gasteiger partial charge on any atom is -0.455 e. The Kier molecular flexibility index (Phi) is 7.75. The van der Waals surface area contributed by atoms with Crippen molar-refractivity contribution in [2.75, 3.05) is 16.4 Å². The summed E-state index contributed by atoms with van der Waals surface area (Å²) in [7, 11) is -3.64. The Balaban J connectivity index is 1.46. The molecular formula is C31H25NO7S. The van der Waals surface area contributed by atoms with E-state index in [2.05, 4.69) is 0 Å². The molecule has 0 spiro atoms. The summed E-state index contributed by atoms with van der Waals surface area (Å²) >= 11 is 0. The van der Waals surface area contributed by atoms with Crippen LogP contribution in [0.25, 0.3) is 0 Å². The van der Waals surface area contributed by atoms with E-state index in [1.807, 2.05) is 0 Å². The van der Waals surface area contributed by atoms with Gasteiger partial charge < -0.3 is 14.4 Å². The number of nitrogens with zero attached hydrogens (tertiary/aromatic N) is 1. The van der Waals surface area contributed by atoms with Crippen molar-refractivity contribution in [1.82, 2.24) is 0 Å². The average molecular weight is 556 g/mol. The number of carbonyl (C=O) groups is 3. The zero-order chi connectivity index (χ0) is 28.1. The molecule has 5 rings (SSSR count). The number of anilines is 1. The van der Waals surface area contributed by atoms with Crippen molar-refractivity contribution < 1.29 is 32.3 Å². The zero-order valence-electron chi connectivity index (χ0n) is 21.3. The van der Waals surface area contributed by atoms with Crippen molar-refractivity contribution in [3.8, 4) is 5.75 Å². The molecule has 0 aliphatic carbocycles. The van der Waals surface area contributed by atoms with Gasteiger partial charge >= 0.3 is 11.9 Å². The van der Waals surface area contributed by atoms with Gasteiger partial charge in [0.15, 0.2) is 9.84 Å². The summed E-state index contributed by atoms with van der Waals surface area (Å²) in [4.78, 5) is 40.5. The van der Waals surface area contributed by atoms with E-state index in [4.69, 9.17) is 9.47 Å². The van der Waals surface area contributed by atoms with E-state index in [0.29, 0.717) is 16.8 Å². The first-order valence-corrected chi connectivity index (χ1v) is 14.4. The largest absolute Gasteiger partial charge is 0.455 e. The van der Waals surface area contributed by atoms with Gasteiger partial charge in [0.1, 0.15) is 11.9 Å². The minimum absolute atomic E-state index is 0.246. The molecule has 0 unspecified atom stereocenters. The first-order chi connectivity index (χ1) is 19.3. The number of carbonyl (C=O) groups excluding carboxylic acids is 3. The number of rotatable bonds is 7. The van der Waals surface area contributed by atoms with Crippen LogP contribution in [0.5, 0.6) is 5.75 Å². The molecule has 0 saturated carbocycles. The third kappa shape index (κ3) is 6.10. The van der Waals surface area contributed by atoms with Gasteiger partial charge in [-0.15, -0.1) is 0 Å².